The van der Waals surface area contributed by atoms with Gasteiger partial charge in [0.15, 0.2) is 17.6 Å². The standard InChI is InChI=1S/C31H23N3O8/c1-40-25-17-20(15-16-24(25)41-31(37)19-9-4-2-5-10-19)27-26-28(30(36)32(29(26)35)21-11-6-3-7-12-21)42-33(27)22-13-8-14-23(18-22)34(38)39/h2-18,26-28H,1H3/t26-,27-,28+/m1/s1. The SMILES string of the molecule is COc1cc([C@@H]2[C@H]3C(=O)N(c4ccccc4)C(=O)[C@H]3ON2c2cccc([N+](=O)[O-])c2)ccc1OC(=O)c1ccccc1. The minimum absolute atomic E-state index is 0.146. The maximum Gasteiger partial charge on any atom is 0.343 e. The van der Waals surface area contributed by atoms with Crippen LogP contribution in [-0.2, 0) is 14.4 Å². The van der Waals surface area contributed by atoms with Crippen LogP contribution in [0.1, 0.15) is 22.0 Å². The van der Waals surface area contributed by atoms with E-state index in [1.165, 1.54) is 36.4 Å². The van der Waals surface area contributed by atoms with E-state index in [4.69, 9.17) is 14.3 Å². The van der Waals surface area contributed by atoms with Gasteiger partial charge in [-0.3, -0.25) is 24.5 Å². The maximum atomic E-state index is 13.8. The zero-order chi connectivity index (χ0) is 29.4. The molecule has 0 aromatic heterocycles. The lowest BCUT2D eigenvalue weighted by molar-refractivity contribution is -0.384. The number of ether oxygens (including phenoxy) is 2. The molecule has 0 bridgehead atoms. The lowest BCUT2D eigenvalue weighted by Gasteiger charge is -2.29. The third-order valence-electron chi connectivity index (χ3n) is 7.17. The molecule has 0 spiro atoms. The molecule has 0 N–H and O–H groups in total. The van der Waals surface area contributed by atoms with E-state index in [1.807, 2.05) is 0 Å². The molecule has 6 rings (SSSR count). The van der Waals surface area contributed by atoms with Crippen LogP contribution in [0.25, 0.3) is 0 Å². The molecule has 0 unspecified atom stereocenters. The van der Waals surface area contributed by atoms with Gasteiger partial charge in [-0.2, -0.15) is 0 Å². The molecule has 2 aliphatic rings. The van der Waals surface area contributed by atoms with Gasteiger partial charge < -0.3 is 9.47 Å². The number of amides is 2. The highest BCUT2D eigenvalue weighted by molar-refractivity contribution is 6.23. The number of nitrogens with zero attached hydrogens (tertiary/aromatic N) is 3. The topological polar surface area (TPSA) is 129 Å². The Morgan fingerprint density at radius 2 is 1.52 bits per heavy atom. The normalized spacial score (nSPS) is 19.5. The van der Waals surface area contributed by atoms with Gasteiger partial charge in [-0.1, -0.05) is 48.5 Å². The maximum absolute atomic E-state index is 13.8. The molecule has 4 aromatic carbocycles. The number of carbonyl (C=O) groups excluding carboxylic acids is 3. The lowest BCUT2D eigenvalue weighted by Crippen LogP contribution is -2.37. The Hall–Kier alpha value is -5.55. The van der Waals surface area contributed by atoms with E-state index in [1.54, 1.807) is 78.9 Å². The minimum Gasteiger partial charge on any atom is -0.493 e. The zero-order valence-corrected chi connectivity index (χ0v) is 22.2. The smallest absolute Gasteiger partial charge is 0.343 e. The number of hydroxylamine groups is 1. The second-order valence-electron chi connectivity index (χ2n) is 9.61. The van der Waals surface area contributed by atoms with Crippen molar-refractivity contribution in [3.63, 3.8) is 0 Å². The Morgan fingerprint density at radius 1 is 0.833 bits per heavy atom. The quantitative estimate of drug-likeness (QED) is 0.101. The van der Waals surface area contributed by atoms with Crippen molar-refractivity contribution >= 4 is 34.8 Å². The number of hydrogen-bond acceptors (Lipinski definition) is 9. The molecule has 3 atom stereocenters. The van der Waals surface area contributed by atoms with Crippen LogP contribution in [0.3, 0.4) is 0 Å². The predicted molar refractivity (Wildman–Crippen MR) is 150 cm³/mol. The highest BCUT2D eigenvalue weighted by Gasteiger charge is 2.60. The third kappa shape index (κ3) is 4.61. The summed E-state index contributed by atoms with van der Waals surface area (Å²) in [5.74, 6) is -2.25. The number of rotatable bonds is 7. The summed E-state index contributed by atoms with van der Waals surface area (Å²) in [6, 6.07) is 26.6. The second kappa shape index (κ2) is 10.8. The van der Waals surface area contributed by atoms with E-state index < -0.39 is 40.8 Å². The summed E-state index contributed by atoms with van der Waals surface area (Å²) in [4.78, 5) is 58.2. The average Bonchev–Trinajstić information content (AvgIpc) is 3.53. The van der Waals surface area contributed by atoms with Gasteiger partial charge in [0.05, 0.1) is 35.0 Å². The molecule has 2 fully saturated rings. The van der Waals surface area contributed by atoms with E-state index in [0.29, 0.717) is 16.8 Å². The zero-order valence-electron chi connectivity index (χ0n) is 22.2. The van der Waals surface area contributed by atoms with Gasteiger partial charge in [-0.05, 0) is 48.0 Å². The highest BCUT2D eigenvalue weighted by atomic mass is 16.7. The van der Waals surface area contributed by atoms with Gasteiger partial charge >= 0.3 is 5.97 Å². The number of carbonyl (C=O) groups is 3. The Morgan fingerprint density at radius 3 is 2.21 bits per heavy atom. The number of anilines is 2. The molecule has 11 nitrogen and oxygen atoms in total. The Balaban J connectivity index is 1.41. The number of imide groups is 1. The first-order valence-electron chi connectivity index (χ1n) is 13.0. The largest absolute Gasteiger partial charge is 0.493 e. The Labute approximate surface area is 239 Å². The fourth-order valence-electron chi connectivity index (χ4n) is 5.24. The Kier molecular flexibility index (Phi) is 6.85. The Bertz CT molecular complexity index is 1700. The summed E-state index contributed by atoms with van der Waals surface area (Å²) in [7, 11) is 1.41. The van der Waals surface area contributed by atoms with Crippen LogP contribution >= 0.6 is 0 Å². The van der Waals surface area contributed by atoms with Crippen LogP contribution in [0.2, 0.25) is 0 Å². The van der Waals surface area contributed by atoms with Crippen molar-refractivity contribution in [3.05, 3.63) is 124 Å². The fraction of sp³-hybridized carbons (Fsp3) is 0.129. The summed E-state index contributed by atoms with van der Waals surface area (Å²) in [6.07, 6.45) is -1.18. The molecule has 42 heavy (non-hydrogen) atoms. The van der Waals surface area contributed by atoms with Gasteiger partial charge in [-0.25, -0.2) is 14.8 Å². The molecular formula is C31H23N3O8. The number of esters is 1. The van der Waals surface area contributed by atoms with Crippen molar-refractivity contribution in [3.8, 4) is 11.5 Å². The third-order valence-corrected chi connectivity index (χ3v) is 7.17. The number of non-ortho nitro benzene ring substituents is 1. The molecule has 210 valence electrons. The number of methoxy groups -OCH3 is 1. The van der Waals surface area contributed by atoms with Crippen LogP contribution in [-0.4, -0.2) is 35.9 Å². The van der Waals surface area contributed by atoms with Crippen LogP contribution in [0, 0.1) is 16.0 Å². The van der Waals surface area contributed by atoms with Gasteiger partial charge in [0.1, 0.15) is 5.92 Å². The highest BCUT2D eigenvalue weighted by Crippen LogP contribution is 2.49. The lowest BCUT2D eigenvalue weighted by atomic mass is 9.90. The summed E-state index contributed by atoms with van der Waals surface area (Å²) >= 11 is 0. The van der Waals surface area contributed by atoms with Crippen molar-refractivity contribution in [2.45, 2.75) is 12.1 Å². The summed E-state index contributed by atoms with van der Waals surface area (Å²) in [5, 5.41) is 12.9. The first-order valence-corrected chi connectivity index (χ1v) is 13.0. The monoisotopic (exact) mass is 565 g/mol. The van der Waals surface area contributed by atoms with E-state index >= 15 is 0 Å². The molecular weight excluding hydrogens is 542 g/mol. The molecule has 2 aliphatic heterocycles. The first-order chi connectivity index (χ1) is 20.4. The number of fused-ring (bicyclic) bond motifs is 1. The number of nitro groups is 1. The molecule has 11 heteroatoms. The molecule has 4 aromatic rings. The average molecular weight is 566 g/mol. The van der Waals surface area contributed by atoms with E-state index in [0.717, 1.165) is 4.90 Å². The van der Waals surface area contributed by atoms with E-state index in [9.17, 15) is 24.5 Å². The summed E-state index contributed by atoms with van der Waals surface area (Å²) in [6.45, 7) is 0. The van der Waals surface area contributed by atoms with Gasteiger partial charge in [-0.15, -0.1) is 0 Å². The second-order valence-corrected chi connectivity index (χ2v) is 9.61. The van der Waals surface area contributed by atoms with E-state index in [2.05, 4.69) is 0 Å². The molecule has 2 heterocycles. The van der Waals surface area contributed by atoms with Crippen LogP contribution in [0.15, 0.2) is 103 Å². The molecule has 0 saturated carbocycles. The van der Waals surface area contributed by atoms with Gasteiger partial charge in [0, 0.05) is 12.1 Å². The van der Waals surface area contributed by atoms with Crippen LogP contribution < -0.4 is 19.4 Å². The fourth-order valence-corrected chi connectivity index (χ4v) is 5.24. The van der Waals surface area contributed by atoms with Gasteiger partial charge in [0.25, 0.3) is 11.6 Å². The molecule has 0 radical (unpaired) electrons. The minimum atomic E-state index is -1.18. The number of nitro benzene ring substituents is 1. The van der Waals surface area contributed by atoms with Crippen molar-refractivity contribution in [2.24, 2.45) is 5.92 Å². The van der Waals surface area contributed by atoms with E-state index in [-0.39, 0.29) is 22.9 Å². The van der Waals surface area contributed by atoms with Crippen molar-refractivity contribution in [1.82, 2.24) is 0 Å². The van der Waals surface area contributed by atoms with Crippen molar-refractivity contribution in [1.29, 1.82) is 0 Å². The number of hydrogen-bond donors (Lipinski definition) is 0. The first kappa shape index (κ1) is 26.7. The van der Waals surface area contributed by atoms with Gasteiger partial charge in [0.2, 0.25) is 5.91 Å². The summed E-state index contributed by atoms with van der Waals surface area (Å²) in [5.41, 5.74) is 1.36. The summed E-state index contributed by atoms with van der Waals surface area (Å²) < 4.78 is 11.1. The molecule has 2 saturated heterocycles. The molecule has 2 amide bonds. The van der Waals surface area contributed by atoms with Crippen molar-refractivity contribution in [2.75, 3.05) is 17.1 Å². The predicted octanol–water partition coefficient (Wildman–Crippen LogP) is 4.87. The van der Waals surface area contributed by atoms with Crippen molar-refractivity contribution < 1.29 is 33.6 Å². The number of benzene rings is 4. The number of para-hydroxylation sites is 1. The van der Waals surface area contributed by atoms with Crippen LogP contribution in [0.5, 0.6) is 11.5 Å². The molecule has 0 aliphatic carbocycles. The van der Waals surface area contributed by atoms with Crippen LogP contribution in [0.4, 0.5) is 17.1 Å².